The summed E-state index contributed by atoms with van der Waals surface area (Å²) in [6, 6.07) is 0. The van der Waals surface area contributed by atoms with Gasteiger partial charge >= 0.3 is 39.5 Å². The van der Waals surface area contributed by atoms with E-state index in [9.17, 15) is 43.2 Å². The summed E-state index contributed by atoms with van der Waals surface area (Å²) in [5, 5.41) is 10.6. The Labute approximate surface area is 582 Å². The van der Waals surface area contributed by atoms with Gasteiger partial charge in [-0.1, -0.05) is 260 Å². The van der Waals surface area contributed by atoms with Crippen LogP contribution in [0.25, 0.3) is 0 Å². The van der Waals surface area contributed by atoms with E-state index < -0.39 is 97.5 Å². The number of ether oxygens (including phenoxy) is 4. The van der Waals surface area contributed by atoms with E-state index in [1.54, 1.807) is 0 Å². The number of unbranched alkanes of at least 4 members (excludes halogenated alkanes) is 28. The van der Waals surface area contributed by atoms with Gasteiger partial charge in [0.05, 0.1) is 26.4 Å². The summed E-state index contributed by atoms with van der Waals surface area (Å²) in [6.45, 7) is 4.62. The average molecular weight is 1390 g/mol. The number of phosphoric acid groups is 2. The summed E-state index contributed by atoms with van der Waals surface area (Å²) in [6.07, 6.45) is 71.3. The SMILES string of the molecule is CC/C=C\C/C=C\C/C=C\C/C=C\CCCCC(=O)OC(COC(=O)CCCCCCCC/C=C\C/C=C\C/C=C\CCCCC)COP(=O)(O)OCC(O)COP(=O)(O)OCC(COC(=O)CCCCCCC/C=C\CCCC)OC(=O)CCCCCCCCCCCCC. The maximum Gasteiger partial charge on any atom is 0.472 e. The average Bonchev–Trinajstić information content (AvgIpc) is 1.16. The molecule has 17 nitrogen and oxygen atoms in total. The zero-order valence-electron chi connectivity index (χ0n) is 60.3. The van der Waals surface area contributed by atoms with E-state index in [0.717, 1.165) is 154 Å². The second kappa shape index (κ2) is 69.5. The summed E-state index contributed by atoms with van der Waals surface area (Å²) in [5.41, 5.74) is 0. The van der Waals surface area contributed by atoms with Crippen LogP contribution < -0.4 is 0 Å². The molecule has 0 radical (unpaired) electrons. The summed E-state index contributed by atoms with van der Waals surface area (Å²) in [5.74, 6) is -2.24. The van der Waals surface area contributed by atoms with Crippen molar-refractivity contribution in [1.82, 2.24) is 0 Å². The lowest BCUT2D eigenvalue weighted by atomic mass is 10.1. The predicted molar refractivity (Wildman–Crippen MR) is 390 cm³/mol. The first-order valence-corrected chi connectivity index (χ1v) is 40.5. The lowest BCUT2D eigenvalue weighted by Gasteiger charge is -2.21. The fraction of sp³-hybridized carbons (Fsp3) is 0.740. The lowest BCUT2D eigenvalue weighted by Crippen LogP contribution is -2.30. The number of carbonyl (C=O) groups is 4. The maximum atomic E-state index is 13.1. The quantitative estimate of drug-likeness (QED) is 0.0169. The highest BCUT2D eigenvalue weighted by molar-refractivity contribution is 7.47. The zero-order valence-corrected chi connectivity index (χ0v) is 62.1. The Morgan fingerprint density at radius 1 is 0.302 bits per heavy atom. The molecule has 554 valence electrons. The van der Waals surface area contributed by atoms with Crippen molar-refractivity contribution in [2.75, 3.05) is 39.6 Å². The van der Waals surface area contributed by atoms with Crippen molar-refractivity contribution in [1.29, 1.82) is 0 Å². The van der Waals surface area contributed by atoms with Crippen LogP contribution in [-0.4, -0.2) is 96.7 Å². The monoisotopic (exact) mass is 1390 g/mol. The van der Waals surface area contributed by atoms with E-state index in [4.69, 9.17) is 37.0 Å². The minimum Gasteiger partial charge on any atom is -0.462 e. The molecule has 5 atom stereocenters. The van der Waals surface area contributed by atoms with Crippen LogP contribution >= 0.6 is 15.6 Å². The normalized spacial score (nSPS) is 14.5. The molecular formula is C77H134O17P2. The van der Waals surface area contributed by atoms with Crippen LogP contribution in [0.15, 0.2) is 97.2 Å². The second-order valence-electron chi connectivity index (χ2n) is 24.9. The molecule has 0 spiro atoms. The lowest BCUT2D eigenvalue weighted by molar-refractivity contribution is -0.161. The molecular weight excluding hydrogens is 1260 g/mol. The van der Waals surface area contributed by atoms with Gasteiger partial charge in [-0.2, -0.15) is 0 Å². The fourth-order valence-electron chi connectivity index (χ4n) is 9.79. The Bertz CT molecular complexity index is 2200. The third-order valence-electron chi connectivity index (χ3n) is 15.5. The molecule has 5 unspecified atom stereocenters. The highest BCUT2D eigenvalue weighted by atomic mass is 31.2. The van der Waals surface area contributed by atoms with Crippen molar-refractivity contribution < 1.29 is 80.2 Å². The van der Waals surface area contributed by atoms with Gasteiger partial charge in [0, 0.05) is 25.7 Å². The number of hydrogen-bond donors (Lipinski definition) is 3. The molecule has 0 bridgehead atoms. The van der Waals surface area contributed by atoms with Crippen molar-refractivity contribution in [2.24, 2.45) is 0 Å². The van der Waals surface area contributed by atoms with Gasteiger partial charge in [0.1, 0.15) is 19.3 Å². The molecule has 3 N–H and O–H groups in total. The Morgan fingerprint density at radius 3 is 0.917 bits per heavy atom. The molecule has 0 heterocycles. The fourth-order valence-corrected chi connectivity index (χ4v) is 11.4. The Balaban J connectivity index is 5.35. The maximum absolute atomic E-state index is 13.1. The van der Waals surface area contributed by atoms with E-state index >= 15 is 0 Å². The Hall–Kier alpha value is -4.02. The molecule has 96 heavy (non-hydrogen) atoms. The number of allylic oxidation sites excluding steroid dienone is 16. The first kappa shape index (κ1) is 92.0. The van der Waals surface area contributed by atoms with Crippen LogP contribution in [0.5, 0.6) is 0 Å². The van der Waals surface area contributed by atoms with Gasteiger partial charge in [-0.15, -0.1) is 0 Å². The molecule has 0 fully saturated rings. The number of hydrogen-bond acceptors (Lipinski definition) is 15. The van der Waals surface area contributed by atoms with Gasteiger partial charge in [-0.25, -0.2) is 9.13 Å². The Morgan fingerprint density at radius 2 is 0.552 bits per heavy atom. The topological polar surface area (TPSA) is 237 Å². The molecule has 19 heteroatoms. The van der Waals surface area contributed by atoms with Crippen LogP contribution in [0.2, 0.25) is 0 Å². The molecule has 0 aliphatic carbocycles. The largest absolute Gasteiger partial charge is 0.472 e. The van der Waals surface area contributed by atoms with E-state index in [1.807, 2.05) is 0 Å². The van der Waals surface area contributed by atoms with Gasteiger partial charge in [0.2, 0.25) is 0 Å². The van der Waals surface area contributed by atoms with E-state index in [1.165, 1.54) is 70.6 Å². The van der Waals surface area contributed by atoms with E-state index in [2.05, 4.69) is 125 Å². The third kappa shape index (κ3) is 68.5. The van der Waals surface area contributed by atoms with Crippen molar-refractivity contribution in [3.63, 3.8) is 0 Å². The number of phosphoric ester groups is 2. The van der Waals surface area contributed by atoms with E-state index in [-0.39, 0.29) is 25.7 Å². The molecule has 0 aromatic heterocycles. The van der Waals surface area contributed by atoms with Gasteiger partial charge < -0.3 is 33.8 Å². The van der Waals surface area contributed by atoms with Crippen LogP contribution in [0.4, 0.5) is 0 Å². The van der Waals surface area contributed by atoms with Gasteiger partial charge in [-0.3, -0.25) is 37.3 Å². The molecule has 0 saturated carbocycles. The molecule has 0 aliphatic rings. The molecule has 0 rings (SSSR count). The van der Waals surface area contributed by atoms with Crippen molar-refractivity contribution in [3.8, 4) is 0 Å². The number of aliphatic hydroxyl groups excluding tert-OH is 1. The van der Waals surface area contributed by atoms with Gasteiger partial charge in [0.15, 0.2) is 12.2 Å². The van der Waals surface area contributed by atoms with E-state index in [0.29, 0.717) is 32.1 Å². The molecule has 0 aromatic rings. The smallest absolute Gasteiger partial charge is 0.462 e. The first-order chi connectivity index (χ1) is 46.7. The molecule has 0 saturated heterocycles. The molecule has 0 aliphatic heterocycles. The third-order valence-corrected chi connectivity index (χ3v) is 17.4. The van der Waals surface area contributed by atoms with Crippen molar-refractivity contribution in [3.05, 3.63) is 97.2 Å². The highest BCUT2D eigenvalue weighted by Gasteiger charge is 2.30. The molecule has 0 amide bonds. The number of carbonyl (C=O) groups excluding carboxylic acids is 4. The minimum absolute atomic E-state index is 0.0395. The van der Waals surface area contributed by atoms with Crippen LogP contribution in [0.3, 0.4) is 0 Å². The standard InChI is InChI=1S/C77H134O17P2/c1-5-9-13-17-21-25-29-31-33-34-35-36-38-39-43-46-50-54-58-62-75(80)88-68-73(94-77(82)64-60-56-52-48-44-40-37-32-30-26-22-18-14-10-6-2)70-92-96(85,86)90-66-71(78)65-89-95(83,84)91-69-72(93-76(81)63-59-55-51-47-42-28-24-20-16-12-8-4)67-87-74(79)61-57-53-49-45-41-27-23-19-15-11-7-3/h10,14,19,21-23,25-26,31-33,35-37,44,48,71-73,78H,5-9,11-13,15-18,20,24,27-30,34,38-43,45-47,49-70H2,1-4H3,(H,83,84)(H,85,86)/b14-10-,23-19-,25-21-,26-22-,33-31-,36-35-,37-32-,48-44-. The number of esters is 4. The number of aliphatic hydroxyl groups is 1. The summed E-state index contributed by atoms with van der Waals surface area (Å²) < 4.78 is 68.3. The van der Waals surface area contributed by atoms with Crippen LogP contribution in [0.1, 0.15) is 310 Å². The minimum atomic E-state index is -4.98. The van der Waals surface area contributed by atoms with Crippen LogP contribution in [0, 0.1) is 0 Å². The summed E-state index contributed by atoms with van der Waals surface area (Å²) in [4.78, 5) is 72.7. The second-order valence-corrected chi connectivity index (χ2v) is 27.8. The predicted octanol–water partition coefficient (Wildman–Crippen LogP) is 21.2. The van der Waals surface area contributed by atoms with Crippen LogP contribution in [-0.2, 0) is 65.4 Å². The van der Waals surface area contributed by atoms with Gasteiger partial charge in [0.25, 0.3) is 0 Å². The summed E-state index contributed by atoms with van der Waals surface area (Å²) >= 11 is 0. The first-order valence-electron chi connectivity index (χ1n) is 37.5. The van der Waals surface area contributed by atoms with Crippen molar-refractivity contribution in [2.45, 2.75) is 329 Å². The molecule has 0 aromatic carbocycles. The van der Waals surface area contributed by atoms with Gasteiger partial charge in [-0.05, 0) is 122 Å². The zero-order chi connectivity index (χ0) is 70.4. The Kier molecular flexibility index (Phi) is 66.6. The summed E-state index contributed by atoms with van der Waals surface area (Å²) in [7, 11) is -9.95. The number of rotatable bonds is 70. The van der Waals surface area contributed by atoms with Crippen molar-refractivity contribution >= 4 is 39.5 Å². The highest BCUT2D eigenvalue weighted by Crippen LogP contribution is 2.45.